The molecule has 3 amide bonds. The summed E-state index contributed by atoms with van der Waals surface area (Å²) in [6.07, 6.45) is 1.62. The third-order valence-electron chi connectivity index (χ3n) is 6.44. The van der Waals surface area contributed by atoms with E-state index in [0.29, 0.717) is 29.8 Å². The molecule has 0 saturated heterocycles. The number of nitrogens with zero attached hydrogens (tertiary/aromatic N) is 1. The molecule has 3 rings (SSSR count). The van der Waals surface area contributed by atoms with E-state index in [1.165, 1.54) is 11.0 Å². The van der Waals surface area contributed by atoms with Crippen molar-refractivity contribution >= 4 is 23.6 Å². The molecule has 0 heterocycles. The molecule has 1 aliphatic rings. The number of carbonyl (C=O) groups is 3. The van der Waals surface area contributed by atoms with Crippen LogP contribution in [-0.4, -0.2) is 52.7 Å². The van der Waals surface area contributed by atoms with Gasteiger partial charge in [0.05, 0.1) is 7.11 Å². The highest BCUT2D eigenvalue weighted by Gasteiger charge is 2.43. The van der Waals surface area contributed by atoms with Crippen molar-refractivity contribution in [2.45, 2.75) is 77.6 Å². The molecular formula is C29H39N3O6. The van der Waals surface area contributed by atoms with Crippen LogP contribution in [0.15, 0.2) is 48.5 Å². The third kappa shape index (κ3) is 7.18. The quantitative estimate of drug-likeness (QED) is 0.424. The van der Waals surface area contributed by atoms with Crippen molar-refractivity contribution in [1.29, 1.82) is 0 Å². The van der Waals surface area contributed by atoms with Crippen molar-refractivity contribution in [1.82, 2.24) is 10.2 Å². The highest BCUT2D eigenvalue weighted by molar-refractivity contribution is 5.99. The highest BCUT2D eigenvalue weighted by Crippen LogP contribution is 2.37. The maximum atomic E-state index is 14.2. The number of nitrogens with one attached hydrogen (secondary N) is 2. The predicted molar refractivity (Wildman–Crippen MR) is 145 cm³/mol. The smallest absolute Gasteiger partial charge is 0.408 e. The number of anilines is 1. The van der Waals surface area contributed by atoms with Crippen LogP contribution in [0.25, 0.3) is 0 Å². The van der Waals surface area contributed by atoms with E-state index in [1.807, 2.05) is 13.8 Å². The molecule has 9 heteroatoms. The highest BCUT2D eigenvalue weighted by atomic mass is 16.6. The van der Waals surface area contributed by atoms with Crippen molar-refractivity contribution in [3.8, 4) is 11.5 Å². The van der Waals surface area contributed by atoms with Gasteiger partial charge in [-0.1, -0.05) is 32.0 Å². The number of phenolic OH excluding ortho intramolecular Hbond substituents is 1. The number of amides is 3. The van der Waals surface area contributed by atoms with Crippen LogP contribution in [0.2, 0.25) is 0 Å². The number of ether oxygens (including phenoxy) is 2. The monoisotopic (exact) mass is 525 g/mol. The Bertz CT molecular complexity index is 1120. The van der Waals surface area contributed by atoms with Gasteiger partial charge in [0.25, 0.3) is 5.91 Å². The number of phenols is 1. The Balaban J connectivity index is 2.00. The first kappa shape index (κ1) is 28.8. The molecule has 0 aliphatic heterocycles. The molecule has 0 aromatic heterocycles. The van der Waals surface area contributed by atoms with Crippen LogP contribution in [0.1, 0.15) is 65.5 Å². The molecule has 9 nitrogen and oxygen atoms in total. The zero-order chi connectivity index (χ0) is 28.0. The Morgan fingerprint density at radius 1 is 1.03 bits per heavy atom. The molecule has 0 radical (unpaired) electrons. The molecule has 1 saturated carbocycles. The number of para-hydroxylation sites is 1. The maximum absolute atomic E-state index is 14.2. The lowest BCUT2D eigenvalue weighted by molar-refractivity contribution is -0.146. The summed E-state index contributed by atoms with van der Waals surface area (Å²) in [5.41, 5.74) is 0.0851. The summed E-state index contributed by atoms with van der Waals surface area (Å²) in [7, 11) is 1.56. The zero-order valence-electron chi connectivity index (χ0n) is 23.0. The van der Waals surface area contributed by atoms with Crippen LogP contribution < -0.4 is 15.4 Å². The second-order valence-corrected chi connectivity index (χ2v) is 10.9. The van der Waals surface area contributed by atoms with Crippen LogP contribution in [0, 0.1) is 5.92 Å². The average molecular weight is 526 g/mol. The molecule has 206 valence electrons. The van der Waals surface area contributed by atoms with Gasteiger partial charge in [0, 0.05) is 17.3 Å². The molecular weight excluding hydrogens is 486 g/mol. The van der Waals surface area contributed by atoms with E-state index in [0.717, 1.165) is 6.42 Å². The van der Waals surface area contributed by atoms with Gasteiger partial charge in [0.15, 0.2) is 0 Å². The topological polar surface area (TPSA) is 117 Å². The van der Waals surface area contributed by atoms with Crippen molar-refractivity contribution in [2.24, 2.45) is 5.92 Å². The van der Waals surface area contributed by atoms with Crippen molar-refractivity contribution in [3.63, 3.8) is 0 Å². The number of benzene rings is 2. The number of methoxy groups -OCH3 is 1. The Morgan fingerprint density at radius 3 is 2.16 bits per heavy atom. The van der Waals surface area contributed by atoms with Gasteiger partial charge in [-0.2, -0.15) is 0 Å². The number of hydrogen-bond acceptors (Lipinski definition) is 6. The largest absolute Gasteiger partial charge is 0.508 e. The van der Waals surface area contributed by atoms with Crippen LogP contribution in [-0.2, 0) is 14.3 Å². The lowest BCUT2D eigenvalue weighted by atomic mass is 9.87. The van der Waals surface area contributed by atoms with Gasteiger partial charge in [-0.05, 0) is 76.3 Å². The molecule has 38 heavy (non-hydrogen) atoms. The van der Waals surface area contributed by atoms with Crippen molar-refractivity contribution in [3.05, 3.63) is 54.1 Å². The Kier molecular flexibility index (Phi) is 9.25. The van der Waals surface area contributed by atoms with Crippen LogP contribution in [0.5, 0.6) is 11.5 Å². The van der Waals surface area contributed by atoms with Crippen LogP contribution >= 0.6 is 0 Å². The minimum atomic E-state index is -1.13. The molecule has 2 unspecified atom stereocenters. The lowest BCUT2D eigenvalue weighted by Gasteiger charge is -2.44. The summed E-state index contributed by atoms with van der Waals surface area (Å²) in [5, 5.41) is 16.4. The van der Waals surface area contributed by atoms with E-state index in [9.17, 15) is 19.5 Å². The van der Waals surface area contributed by atoms with Gasteiger partial charge in [0.2, 0.25) is 5.91 Å². The number of aromatic hydroxyl groups is 1. The third-order valence-corrected chi connectivity index (χ3v) is 6.44. The van der Waals surface area contributed by atoms with Gasteiger partial charge in [0.1, 0.15) is 29.2 Å². The molecule has 1 fully saturated rings. The standard InChI is InChI=1S/C29H39N3O6/c1-18(2)24(31-28(36)38-29(3,4)5)27(35)32(20-10-9-11-20)25(22-12-7-8-13-23(22)33)26(34)30-19-14-16-21(37-6)17-15-19/h7-8,12-18,20,24-25,33H,9-11H2,1-6H3,(H,30,34)(H,31,36). The van der Waals surface area contributed by atoms with Crippen molar-refractivity contribution in [2.75, 3.05) is 12.4 Å². The molecule has 2 atom stereocenters. The summed E-state index contributed by atoms with van der Waals surface area (Å²) < 4.78 is 10.6. The summed E-state index contributed by atoms with van der Waals surface area (Å²) in [5.74, 6) is -0.627. The second kappa shape index (κ2) is 12.2. The number of carbonyl (C=O) groups excluding carboxylic acids is 3. The van der Waals surface area contributed by atoms with E-state index in [1.54, 1.807) is 70.3 Å². The second-order valence-electron chi connectivity index (χ2n) is 10.9. The number of alkyl carbamates (subject to hydrolysis) is 1. The molecule has 2 aromatic rings. The van der Waals surface area contributed by atoms with Gasteiger partial charge < -0.3 is 30.1 Å². The zero-order valence-corrected chi connectivity index (χ0v) is 23.0. The van der Waals surface area contributed by atoms with Gasteiger partial charge in [-0.15, -0.1) is 0 Å². The van der Waals surface area contributed by atoms with Gasteiger partial charge in [-0.3, -0.25) is 9.59 Å². The van der Waals surface area contributed by atoms with E-state index < -0.39 is 35.6 Å². The fraction of sp³-hybridized carbons (Fsp3) is 0.483. The van der Waals surface area contributed by atoms with E-state index >= 15 is 0 Å². The molecule has 1 aliphatic carbocycles. The molecule has 0 bridgehead atoms. The normalized spacial score (nSPS) is 15.1. The summed E-state index contributed by atoms with van der Waals surface area (Å²) in [6.45, 7) is 8.89. The summed E-state index contributed by atoms with van der Waals surface area (Å²) in [4.78, 5) is 42.2. The first-order valence-corrected chi connectivity index (χ1v) is 13.0. The SMILES string of the molecule is COc1ccc(NC(=O)C(c2ccccc2O)N(C(=O)C(NC(=O)OC(C)(C)C)C(C)C)C2CCC2)cc1. The fourth-order valence-corrected chi connectivity index (χ4v) is 4.31. The van der Waals surface area contributed by atoms with Gasteiger partial charge in [-0.25, -0.2) is 4.79 Å². The maximum Gasteiger partial charge on any atom is 0.408 e. The summed E-state index contributed by atoms with van der Waals surface area (Å²) in [6, 6.07) is 11.1. The Hall–Kier alpha value is -3.75. The van der Waals surface area contributed by atoms with Crippen LogP contribution in [0.3, 0.4) is 0 Å². The predicted octanol–water partition coefficient (Wildman–Crippen LogP) is 5.01. The first-order chi connectivity index (χ1) is 17.9. The summed E-state index contributed by atoms with van der Waals surface area (Å²) >= 11 is 0. The number of rotatable bonds is 9. The van der Waals surface area contributed by atoms with Crippen LogP contribution in [0.4, 0.5) is 10.5 Å². The molecule has 2 aromatic carbocycles. The van der Waals surface area contributed by atoms with E-state index in [-0.39, 0.29) is 17.7 Å². The fourth-order valence-electron chi connectivity index (χ4n) is 4.31. The Labute approximate surface area is 224 Å². The lowest BCUT2D eigenvalue weighted by Crippen LogP contribution is -2.58. The van der Waals surface area contributed by atoms with Crippen molar-refractivity contribution < 1.29 is 29.0 Å². The van der Waals surface area contributed by atoms with E-state index in [4.69, 9.17) is 9.47 Å². The minimum Gasteiger partial charge on any atom is -0.508 e. The van der Waals surface area contributed by atoms with Gasteiger partial charge >= 0.3 is 6.09 Å². The Morgan fingerprint density at radius 2 is 1.66 bits per heavy atom. The minimum absolute atomic E-state index is 0.0966. The first-order valence-electron chi connectivity index (χ1n) is 13.0. The molecule has 3 N–H and O–H groups in total. The van der Waals surface area contributed by atoms with E-state index in [2.05, 4.69) is 10.6 Å². The molecule has 0 spiro atoms. The number of hydrogen-bond donors (Lipinski definition) is 3. The average Bonchev–Trinajstić information content (AvgIpc) is 2.81.